The molecule has 2 rings (SSSR count). The Bertz CT molecular complexity index is 431. The molecule has 98 valence electrons. The van der Waals surface area contributed by atoms with Gasteiger partial charge in [-0.1, -0.05) is 20.8 Å². The van der Waals surface area contributed by atoms with E-state index in [0.717, 1.165) is 25.1 Å². The van der Waals surface area contributed by atoms with Gasteiger partial charge in [-0.15, -0.1) is 0 Å². The zero-order chi connectivity index (χ0) is 13.3. The molecule has 1 fully saturated rings. The molecule has 0 aromatic heterocycles. The quantitative estimate of drug-likeness (QED) is 0.774. The number of amides is 1. The highest BCUT2D eigenvalue weighted by Gasteiger charge is 2.33. The van der Waals surface area contributed by atoms with Gasteiger partial charge in [-0.05, 0) is 42.0 Å². The van der Waals surface area contributed by atoms with Crippen LogP contribution >= 0.6 is 0 Å². The van der Waals surface area contributed by atoms with Gasteiger partial charge in [0.2, 0.25) is 0 Å². The number of carbonyl (C=O) groups is 1. The van der Waals surface area contributed by atoms with Crippen molar-refractivity contribution in [3.05, 3.63) is 29.8 Å². The molecule has 1 atom stereocenters. The van der Waals surface area contributed by atoms with Crippen LogP contribution in [0.25, 0.3) is 0 Å². The van der Waals surface area contributed by atoms with E-state index in [1.807, 2.05) is 17.0 Å². The molecule has 1 aromatic carbocycles. The van der Waals surface area contributed by atoms with Crippen molar-refractivity contribution in [3.63, 3.8) is 0 Å². The molecule has 0 saturated carbocycles. The molecule has 1 aromatic rings. The van der Waals surface area contributed by atoms with Crippen LogP contribution in [0.5, 0.6) is 0 Å². The maximum atomic E-state index is 12.3. The highest BCUT2D eigenvalue weighted by Crippen LogP contribution is 2.34. The van der Waals surface area contributed by atoms with E-state index in [1.54, 1.807) is 12.1 Å². The smallest absolute Gasteiger partial charge is 0.253 e. The summed E-state index contributed by atoms with van der Waals surface area (Å²) >= 11 is 0. The Kier molecular flexibility index (Phi) is 3.33. The summed E-state index contributed by atoms with van der Waals surface area (Å²) in [5.41, 5.74) is 7.34. The molecule has 1 aliphatic heterocycles. The molecule has 1 aliphatic rings. The topological polar surface area (TPSA) is 46.3 Å². The van der Waals surface area contributed by atoms with Crippen molar-refractivity contribution in [2.45, 2.75) is 27.2 Å². The Balaban J connectivity index is 2.06. The predicted octanol–water partition coefficient (Wildman–Crippen LogP) is 2.78. The number of hydrogen-bond acceptors (Lipinski definition) is 2. The van der Waals surface area contributed by atoms with Crippen molar-refractivity contribution in [1.29, 1.82) is 0 Å². The highest BCUT2D eigenvalue weighted by molar-refractivity contribution is 5.94. The van der Waals surface area contributed by atoms with Gasteiger partial charge in [0.05, 0.1) is 0 Å². The fourth-order valence-corrected chi connectivity index (χ4v) is 2.46. The molecule has 0 bridgehead atoms. The average molecular weight is 246 g/mol. The molecule has 1 heterocycles. The van der Waals surface area contributed by atoms with Crippen molar-refractivity contribution < 1.29 is 4.79 Å². The minimum Gasteiger partial charge on any atom is -0.399 e. The second kappa shape index (κ2) is 4.63. The largest absolute Gasteiger partial charge is 0.399 e. The fourth-order valence-electron chi connectivity index (χ4n) is 2.46. The van der Waals surface area contributed by atoms with E-state index in [4.69, 9.17) is 5.73 Å². The third-order valence-corrected chi connectivity index (χ3v) is 3.86. The van der Waals surface area contributed by atoms with Crippen LogP contribution in [0.3, 0.4) is 0 Å². The van der Waals surface area contributed by atoms with E-state index in [9.17, 15) is 4.79 Å². The van der Waals surface area contributed by atoms with Crippen molar-refractivity contribution in [1.82, 2.24) is 4.90 Å². The number of nitrogens with zero attached hydrogens (tertiary/aromatic N) is 1. The lowest BCUT2D eigenvalue weighted by molar-refractivity contribution is 0.0776. The summed E-state index contributed by atoms with van der Waals surface area (Å²) in [5, 5.41) is 0. The van der Waals surface area contributed by atoms with Crippen LogP contribution in [-0.4, -0.2) is 23.9 Å². The van der Waals surface area contributed by atoms with Gasteiger partial charge in [0.1, 0.15) is 0 Å². The zero-order valence-corrected chi connectivity index (χ0v) is 11.4. The van der Waals surface area contributed by atoms with E-state index in [2.05, 4.69) is 20.8 Å². The average Bonchev–Trinajstić information content (AvgIpc) is 2.78. The van der Waals surface area contributed by atoms with Crippen LogP contribution in [0.4, 0.5) is 5.69 Å². The van der Waals surface area contributed by atoms with E-state index < -0.39 is 0 Å². The monoisotopic (exact) mass is 246 g/mol. The molecule has 1 unspecified atom stereocenters. The molecule has 0 radical (unpaired) electrons. The van der Waals surface area contributed by atoms with Gasteiger partial charge in [-0.3, -0.25) is 4.79 Å². The number of anilines is 1. The highest BCUT2D eigenvalue weighted by atomic mass is 16.2. The lowest BCUT2D eigenvalue weighted by Crippen LogP contribution is -2.31. The summed E-state index contributed by atoms with van der Waals surface area (Å²) < 4.78 is 0. The summed E-state index contributed by atoms with van der Waals surface area (Å²) in [7, 11) is 0. The molecule has 18 heavy (non-hydrogen) atoms. The van der Waals surface area contributed by atoms with Gasteiger partial charge in [0.25, 0.3) is 5.91 Å². The molecule has 3 nitrogen and oxygen atoms in total. The second-order valence-corrected chi connectivity index (χ2v) is 6.22. The molecule has 0 spiro atoms. The van der Waals surface area contributed by atoms with Gasteiger partial charge in [-0.25, -0.2) is 0 Å². The number of likely N-dealkylation sites (tertiary alicyclic amines) is 1. The third kappa shape index (κ3) is 2.66. The van der Waals surface area contributed by atoms with E-state index in [0.29, 0.717) is 11.6 Å². The minimum atomic E-state index is 0.127. The third-order valence-electron chi connectivity index (χ3n) is 3.86. The number of benzene rings is 1. The SMILES string of the molecule is CC(C)(C)C1CCN(C(=O)c2ccc(N)cc2)C1. The summed E-state index contributed by atoms with van der Waals surface area (Å²) in [6.07, 6.45) is 1.10. The lowest BCUT2D eigenvalue weighted by atomic mass is 9.80. The first-order valence-electron chi connectivity index (χ1n) is 6.53. The van der Waals surface area contributed by atoms with Crippen LogP contribution in [0, 0.1) is 11.3 Å². The van der Waals surface area contributed by atoms with E-state index in [1.165, 1.54) is 0 Å². The van der Waals surface area contributed by atoms with Crippen molar-refractivity contribution in [2.24, 2.45) is 11.3 Å². The molecule has 3 heteroatoms. The molecular formula is C15H22N2O. The molecule has 2 N–H and O–H groups in total. The van der Waals surface area contributed by atoms with Gasteiger partial charge in [-0.2, -0.15) is 0 Å². The van der Waals surface area contributed by atoms with Crippen LogP contribution < -0.4 is 5.73 Å². The second-order valence-electron chi connectivity index (χ2n) is 6.22. The summed E-state index contributed by atoms with van der Waals surface area (Å²) in [6, 6.07) is 7.18. The normalized spacial score (nSPS) is 20.2. The van der Waals surface area contributed by atoms with Crippen LogP contribution in [0.15, 0.2) is 24.3 Å². The van der Waals surface area contributed by atoms with Crippen LogP contribution in [0.1, 0.15) is 37.6 Å². The number of rotatable bonds is 1. The predicted molar refractivity (Wildman–Crippen MR) is 74.3 cm³/mol. The summed E-state index contributed by atoms with van der Waals surface area (Å²) in [5.74, 6) is 0.719. The van der Waals surface area contributed by atoms with Gasteiger partial charge in [0, 0.05) is 24.3 Å². The van der Waals surface area contributed by atoms with E-state index in [-0.39, 0.29) is 11.3 Å². The fraction of sp³-hybridized carbons (Fsp3) is 0.533. The first kappa shape index (κ1) is 12.9. The molecule has 0 aliphatic carbocycles. The Morgan fingerprint density at radius 1 is 1.28 bits per heavy atom. The Hall–Kier alpha value is -1.51. The van der Waals surface area contributed by atoms with Gasteiger partial charge in [0.15, 0.2) is 0 Å². The molecule has 1 saturated heterocycles. The van der Waals surface area contributed by atoms with Gasteiger partial charge >= 0.3 is 0 Å². The zero-order valence-electron chi connectivity index (χ0n) is 11.4. The minimum absolute atomic E-state index is 0.127. The van der Waals surface area contributed by atoms with Crippen LogP contribution in [0.2, 0.25) is 0 Å². The Labute approximate surface area is 109 Å². The molecular weight excluding hydrogens is 224 g/mol. The number of carbonyl (C=O) groups excluding carboxylic acids is 1. The maximum Gasteiger partial charge on any atom is 0.253 e. The number of hydrogen-bond donors (Lipinski definition) is 1. The first-order chi connectivity index (χ1) is 8.38. The van der Waals surface area contributed by atoms with Crippen LogP contribution in [-0.2, 0) is 0 Å². The van der Waals surface area contributed by atoms with Crippen molar-refractivity contribution in [3.8, 4) is 0 Å². The summed E-state index contributed by atoms with van der Waals surface area (Å²) in [4.78, 5) is 14.3. The Morgan fingerprint density at radius 2 is 1.89 bits per heavy atom. The maximum absolute atomic E-state index is 12.3. The van der Waals surface area contributed by atoms with Crippen molar-refractivity contribution >= 4 is 11.6 Å². The standard InChI is InChI=1S/C15H22N2O/c1-15(2,3)12-8-9-17(10-12)14(18)11-4-6-13(16)7-5-11/h4-7,12H,8-10,16H2,1-3H3. The first-order valence-corrected chi connectivity index (χ1v) is 6.53. The summed E-state index contributed by atoms with van der Waals surface area (Å²) in [6.45, 7) is 8.47. The lowest BCUT2D eigenvalue weighted by Gasteiger charge is -2.27. The van der Waals surface area contributed by atoms with Gasteiger partial charge < -0.3 is 10.6 Å². The number of nitrogens with two attached hydrogens (primary N) is 1. The Morgan fingerprint density at radius 3 is 2.39 bits per heavy atom. The van der Waals surface area contributed by atoms with Crippen molar-refractivity contribution in [2.75, 3.05) is 18.8 Å². The molecule has 1 amide bonds. The number of nitrogen functional groups attached to an aromatic ring is 1. The van der Waals surface area contributed by atoms with E-state index >= 15 is 0 Å².